The van der Waals surface area contributed by atoms with Gasteiger partial charge < -0.3 is 14.0 Å². The molecule has 2 aromatic heterocycles. The zero-order valence-corrected chi connectivity index (χ0v) is 12.7. The van der Waals surface area contributed by atoms with Crippen LogP contribution in [0, 0.1) is 5.41 Å². The van der Waals surface area contributed by atoms with E-state index in [1.165, 1.54) is 6.42 Å². The van der Waals surface area contributed by atoms with Gasteiger partial charge in [0.15, 0.2) is 5.76 Å². The summed E-state index contributed by atoms with van der Waals surface area (Å²) in [5.41, 5.74) is 0.0484. The fourth-order valence-corrected chi connectivity index (χ4v) is 4.30. The Balaban J connectivity index is 1.53. The van der Waals surface area contributed by atoms with Crippen molar-refractivity contribution < 1.29 is 14.0 Å². The molecule has 2 saturated heterocycles. The molecule has 2 bridgehead atoms. The number of hydrogen-bond acceptors (Lipinski definition) is 6. The predicted octanol–water partition coefficient (Wildman–Crippen LogP) is 2.46. The van der Waals surface area contributed by atoms with E-state index < -0.39 is 0 Å². The fraction of sp³-hybridized carbons (Fsp3) is 0.625. The van der Waals surface area contributed by atoms with Gasteiger partial charge in [-0.2, -0.15) is 4.98 Å². The van der Waals surface area contributed by atoms with Crippen molar-refractivity contribution in [3.8, 4) is 11.6 Å². The van der Waals surface area contributed by atoms with E-state index in [0.717, 1.165) is 19.3 Å². The van der Waals surface area contributed by atoms with Crippen LogP contribution in [0.3, 0.4) is 0 Å². The van der Waals surface area contributed by atoms with Gasteiger partial charge in [0.1, 0.15) is 0 Å². The van der Waals surface area contributed by atoms with Crippen molar-refractivity contribution in [2.24, 2.45) is 5.41 Å². The molecule has 6 nitrogen and oxygen atoms in total. The molecule has 1 N–H and O–H groups in total. The summed E-state index contributed by atoms with van der Waals surface area (Å²) in [6, 6.07) is 4.58. The quantitative estimate of drug-likeness (QED) is 0.914. The number of fused-ring (bicyclic) bond motifs is 2. The maximum Gasteiger partial charge on any atom is 0.241 e. The molecule has 22 heavy (non-hydrogen) atoms. The third-order valence-electron chi connectivity index (χ3n) is 5.54. The van der Waals surface area contributed by atoms with E-state index in [-0.39, 0.29) is 12.0 Å². The molecule has 0 radical (unpaired) electrons. The Hall–Kier alpha value is -1.66. The molecule has 0 unspecified atom stereocenters. The molecule has 4 rings (SSSR count). The van der Waals surface area contributed by atoms with Crippen molar-refractivity contribution >= 4 is 0 Å². The van der Waals surface area contributed by atoms with E-state index in [9.17, 15) is 5.11 Å². The van der Waals surface area contributed by atoms with Gasteiger partial charge >= 0.3 is 0 Å². The molecule has 2 aliphatic heterocycles. The first kappa shape index (κ1) is 14.0. The number of furan rings is 1. The summed E-state index contributed by atoms with van der Waals surface area (Å²) < 4.78 is 10.7. The molecule has 2 aliphatic rings. The minimum Gasteiger partial charge on any atom is -0.461 e. The summed E-state index contributed by atoms with van der Waals surface area (Å²) in [5, 5.41) is 13.9. The molecule has 0 aromatic carbocycles. The third-order valence-corrected chi connectivity index (χ3v) is 5.54. The first-order chi connectivity index (χ1) is 10.8. The summed E-state index contributed by atoms with van der Waals surface area (Å²) in [7, 11) is 0. The molecule has 0 aliphatic carbocycles. The van der Waals surface area contributed by atoms with Gasteiger partial charge in [0.05, 0.1) is 19.4 Å². The normalized spacial score (nSPS) is 31.2. The summed E-state index contributed by atoms with van der Waals surface area (Å²) in [6.07, 6.45) is 6.04. The second-order valence-electron chi connectivity index (χ2n) is 6.49. The van der Waals surface area contributed by atoms with Crippen molar-refractivity contribution in [3.63, 3.8) is 0 Å². The van der Waals surface area contributed by atoms with E-state index in [0.29, 0.717) is 36.1 Å². The highest BCUT2D eigenvalue weighted by atomic mass is 16.5. The van der Waals surface area contributed by atoms with E-state index in [4.69, 9.17) is 8.94 Å². The lowest BCUT2D eigenvalue weighted by Crippen LogP contribution is -2.39. The molecule has 0 spiro atoms. The number of aliphatic hydroxyl groups excluding tert-OH is 1. The van der Waals surface area contributed by atoms with Crippen LogP contribution >= 0.6 is 0 Å². The lowest BCUT2D eigenvalue weighted by Gasteiger charge is -2.35. The van der Waals surface area contributed by atoms with Crippen LogP contribution in [0.1, 0.15) is 38.5 Å². The molecule has 6 heteroatoms. The van der Waals surface area contributed by atoms with Crippen molar-refractivity contribution in [1.29, 1.82) is 0 Å². The molecule has 0 amide bonds. The van der Waals surface area contributed by atoms with Gasteiger partial charge in [-0.25, -0.2) is 0 Å². The predicted molar refractivity (Wildman–Crippen MR) is 78.8 cm³/mol. The Morgan fingerprint density at radius 3 is 3.05 bits per heavy atom. The van der Waals surface area contributed by atoms with Crippen LogP contribution in [-0.2, 0) is 6.54 Å². The lowest BCUT2D eigenvalue weighted by atomic mass is 9.72. The molecule has 4 heterocycles. The molecular weight excluding hydrogens is 282 g/mol. The average Bonchev–Trinajstić information content (AvgIpc) is 3.31. The number of rotatable bonds is 5. The zero-order valence-electron chi connectivity index (χ0n) is 12.7. The van der Waals surface area contributed by atoms with Crippen LogP contribution in [0.5, 0.6) is 0 Å². The van der Waals surface area contributed by atoms with Gasteiger partial charge in [-0.3, -0.25) is 4.90 Å². The van der Waals surface area contributed by atoms with E-state index in [1.54, 1.807) is 6.26 Å². The van der Waals surface area contributed by atoms with Crippen molar-refractivity contribution in [3.05, 3.63) is 24.3 Å². The van der Waals surface area contributed by atoms with Gasteiger partial charge in [0.25, 0.3) is 0 Å². The van der Waals surface area contributed by atoms with Gasteiger partial charge in [-0.1, -0.05) is 12.1 Å². The van der Waals surface area contributed by atoms with Gasteiger partial charge in [-0.05, 0) is 37.8 Å². The molecule has 2 aromatic rings. The zero-order chi connectivity index (χ0) is 15.2. The Bertz CT molecular complexity index is 633. The number of aromatic nitrogens is 2. The van der Waals surface area contributed by atoms with E-state index in [2.05, 4.69) is 22.0 Å². The Kier molecular flexibility index (Phi) is 3.31. The van der Waals surface area contributed by atoms with Crippen LogP contribution in [0.25, 0.3) is 11.6 Å². The maximum absolute atomic E-state index is 9.86. The molecular formula is C16H21N3O3. The molecule has 2 fully saturated rings. The minimum absolute atomic E-state index is 0.0484. The number of nitrogens with zero attached hydrogens (tertiary/aromatic N) is 3. The van der Waals surface area contributed by atoms with Crippen LogP contribution in [0.4, 0.5) is 0 Å². The van der Waals surface area contributed by atoms with E-state index >= 15 is 0 Å². The smallest absolute Gasteiger partial charge is 0.241 e. The van der Waals surface area contributed by atoms with Gasteiger partial charge in [-0.15, -0.1) is 0 Å². The SMILES string of the molecule is CC[C@]1(CO)C[C@H]2CC[C@@H]1N2Cc1nc(-c2ccco2)no1. The van der Waals surface area contributed by atoms with Crippen LogP contribution < -0.4 is 0 Å². The molecule has 0 saturated carbocycles. The van der Waals surface area contributed by atoms with Crippen molar-refractivity contribution in [2.45, 2.75) is 51.2 Å². The number of hydrogen-bond donors (Lipinski definition) is 1. The summed E-state index contributed by atoms with van der Waals surface area (Å²) in [4.78, 5) is 6.88. The topological polar surface area (TPSA) is 75.5 Å². The van der Waals surface area contributed by atoms with Crippen LogP contribution in [0.2, 0.25) is 0 Å². The second kappa shape index (κ2) is 5.21. The highest BCUT2D eigenvalue weighted by Crippen LogP contribution is 2.51. The monoisotopic (exact) mass is 303 g/mol. The largest absolute Gasteiger partial charge is 0.461 e. The Morgan fingerprint density at radius 2 is 2.36 bits per heavy atom. The highest BCUT2D eigenvalue weighted by Gasteiger charge is 2.54. The summed E-state index contributed by atoms with van der Waals surface area (Å²) >= 11 is 0. The fourth-order valence-electron chi connectivity index (χ4n) is 4.30. The Morgan fingerprint density at radius 1 is 1.45 bits per heavy atom. The third kappa shape index (κ3) is 2.01. The first-order valence-electron chi connectivity index (χ1n) is 7.99. The van der Waals surface area contributed by atoms with Crippen LogP contribution in [0.15, 0.2) is 27.3 Å². The van der Waals surface area contributed by atoms with Gasteiger partial charge in [0.2, 0.25) is 11.7 Å². The molecule has 118 valence electrons. The highest BCUT2D eigenvalue weighted by molar-refractivity contribution is 5.44. The van der Waals surface area contributed by atoms with E-state index in [1.807, 2.05) is 12.1 Å². The Labute approximate surface area is 129 Å². The minimum atomic E-state index is 0.0484. The average molecular weight is 303 g/mol. The summed E-state index contributed by atoms with van der Waals surface area (Å²) in [6.45, 7) is 3.10. The maximum atomic E-state index is 9.86. The second-order valence-corrected chi connectivity index (χ2v) is 6.49. The summed E-state index contributed by atoms with van der Waals surface area (Å²) in [5.74, 6) is 1.74. The number of aliphatic hydroxyl groups is 1. The van der Waals surface area contributed by atoms with Gasteiger partial charge in [0, 0.05) is 17.5 Å². The van der Waals surface area contributed by atoms with Crippen molar-refractivity contribution in [1.82, 2.24) is 15.0 Å². The van der Waals surface area contributed by atoms with Crippen LogP contribution in [-0.4, -0.2) is 38.8 Å². The van der Waals surface area contributed by atoms with Crippen molar-refractivity contribution in [2.75, 3.05) is 6.61 Å². The molecule has 3 atom stereocenters. The standard InChI is InChI=1S/C16H21N3O3/c1-2-16(10-20)8-11-5-6-13(16)19(11)9-14-17-15(18-22-14)12-4-3-7-21-12/h3-4,7,11,13,20H,2,5-6,8-10H2,1H3/t11-,13+,16-/m1/s1. The lowest BCUT2D eigenvalue weighted by molar-refractivity contribution is 0.0688. The first-order valence-corrected chi connectivity index (χ1v) is 7.99.